The zero-order valence-electron chi connectivity index (χ0n) is 16.6. The summed E-state index contributed by atoms with van der Waals surface area (Å²) in [5.74, 6) is -0.332. The number of benzene rings is 2. The summed E-state index contributed by atoms with van der Waals surface area (Å²) in [6.07, 6.45) is 1.86. The predicted molar refractivity (Wildman–Crippen MR) is 106 cm³/mol. The van der Waals surface area contributed by atoms with Gasteiger partial charge < -0.3 is 9.64 Å². The standard InChI is InChI=1S/C23H26F2N2O2/c1-16(28)27-14-19-4-2-3-5-22(19)29-23(15-27)18-8-10-26(11-9-18)13-17-6-7-20(24)21(25)12-17/h2-7,12,18,23H,8-11,13-15H2,1H3. The summed E-state index contributed by atoms with van der Waals surface area (Å²) < 4.78 is 32.9. The second-order valence-corrected chi connectivity index (χ2v) is 8.03. The maximum atomic E-state index is 13.5. The Kier molecular flexibility index (Phi) is 5.81. The van der Waals surface area contributed by atoms with Crippen LogP contribution in [0.15, 0.2) is 42.5 Å². The summed E-state index contributed by atoms with van der Waals surface area (Å²) in [6.45, 7) is 5.12. The van der Waals surface area contributed by atoms with Crippen molar-refractivity contribution >= 4 is 5.91 Å². The number of carbonyl (C=O) groups excluding carboxylic acids is 1. The number of carbonyl (C=O) groups is 1. The molecule has 154 valence electrons. The van der Waals surface area contributed by atoms with Gasteiger partial charge in [0.2, 0.25) is 5.91 Å². The third kappa shape index (κ3) is 4.58. The predicted octanol–water partition coefficient (Wildman–Crippen LogP) is 3.99. The highest BCUT2D eigenvalue weighted by Crippen LogP contribution is 2.31. The number of likely N-dealkylation sites (tertiary alicyclic amines) is 1. The van der Waals surface area contributed by atoms with Crippen molar-refractivity contribution < 1.29 is 18.3 Å². The van der Waals surface area contributed by atoms with E-state index in [9.17, 15) is 13.6 Å². The zero-order chi connectivity index (χ0) is 20.4. The highest BCUT2D eigenvalue weighted by atomic mass is 19.2. The Bertz CT molecular complexity index is 881. The molecule has 0 saturated carbocycles. The average molecular weight is 400 g/mol. The quantitative estimate of drug-likeness (QED) is 0.781. The molecule has 0 aliphatic carbocycles. The number of amides is 1. The summed E-state index contributed by atoms with van der Waals surface area (Å²) >= 11 is 0. The fourth-order valence-corrected chi connectivity index (χ4v) is 4.30. The molecular formula is C23H26F2N2O2. The van der Waals surface area contributed by atoms with Crippen LogP contribution in [0.2, 0.25) is 0 Å². The Morgan fingerprint density at radius 2 is 1.86 bits per heavy atom. The molecule has 0 bridgehead atoms. The number of halogens is 2. The van der Waals surface area contributed by atoms with Gasteiger partial charge in [-0.3, -0.25) is 9.69 Å². The van der Waals surface area contributed by atoms with Crippen molar-refractivity contribution in [1.29, 1.82) is 0 Å². The van der Waals surface area contributed by atoms with E-state index in [1.165, 1.54) is 12.1 Å². The number of nitrogens with zero attached hydrogens (tertiary/aromatic N) is 2. The molecule has 2 aromatic rings. The Hall–Kier alpha value is -2.47. The number of rotatable bonds is 3. The lowest BCUT2D eigenvalue weighted by atomic mass is 9.90. The molecule has 2 heterocycles. The van der Waals surface area contributed by atoms with Crippen LogP contribution in [-0.2, 0) is 17.9 Å². The van der Waals surface area contributed by atoms with Crippen LogP contribution in [0.4, 0.5) is 8.78 Å². The molecular weight excluding hydrogens is 374 g/mol. The molecule has 6 heteroatoms. The molecule has 1 atom stereocenters. The lowest BCUT2D eigenvalue weighted by molar-refractivity contribution is -0.130. The number of piperidine rings is 1. The fraction of sp³-hybridized carbons (Fsp3) is 0.435. The maximum Gasteiger partial charge on any atom is 0.219 e. The van der Waals surface area contributed by atoms with Crippen molar-refractivity contribution in [3.05, 3.63) is 65.2 Å². The highest BCUT2D eigenvalue weighted by molar-refractivity contribution is 5.73. The van der Waals surface area contributed by atoms with Gasteiger partial charge in [-0.05, 0) is 49.7 Å². The first-order valence-corrected chi connectivity index (χ1v) is 10.2. The molecule has 4 nitrogen and oxygen atoms in total. The topological polar surface area (TPSA) is 32.8 Å². The Morgan fingerprint density at radius 1 is 1.10 bits per heavy atom. The van der Waals surface area contributed by atoms with E-state index in [1.807, 2.05) is 29.2 Å². The molecule has 0 N–H and O–H groups in total. The zero-order valence-corrected chi connectivity index (χ0v) is 16.6. The normalized spacial score (nSPS) is 20.7. The van der Waals surface area contributed by atoms with Crippen LogP contribution in [0.5, 0.6) is 5.75 Å². The molecule has 2 aliphatic heterocycles. The Morgan fingerprint density at radius 3 is 2.59 bits per heavy atom. The summed E-state index contributed by atoms with van der Waals surface area (Å²) in [7, 11) is 0. The number of hydrogen-bond donors (Lipinski definition) is 0. The van der Waals surface area contributed by atoms with Gasteiger partial charge >= 0.3 is 0 Å². The monoisotopic (exact) mass is 400 g/mol. The van der Waals surface area contributed by atoms with Crippen LogP contribution < -0.4 is 4.74 Å². The van der Waals surface area contributed by atoms with Gasteiger partial charge in [0.15, 0.2) is 11.6 Å². The second-order valence-electron chi connectivity index (χ2n) is 8.03. The van der Waals surface area contributed by atoms with Crippen molar-refractivity contribution in [2.45, 2.75) is 39.0 Å². The molecule has 29 heavy (non-hydrogen) atoms. The highest BCUT2D eigenvalue weighted by Gasteiger charge is 2.32. The van der Waals surface area contributed by atoms with Crippen LogP contribution in [0.25, 0.3) is 0 Å². The van der Waals surface area contributed by atoms with Crippen LogP contribution in [0.1, 0.15) is 30.9 Å². The average Bonchev–Trinajstić information content (AvgIpc) is 2.91. The molecule has 1 unspecified atom stereocenters. The third-order valence-electron chi connectivity index (χ3n) is 6.01. The minimum absolute atomic E-state index is 0.0343. The van der Waals surface area contributed by atoms with E-state index in [2.05, 4.69) is 4.90 Å². The largest absolute Gasteiger partial charge is 0.488 e. The van der Waals surface area contributed by atoms with Crippen LogP contribution >= 0.6 is 0 Å². The van der Waals surface area contributed by atoms with Crippen molar-refractivity contribution in [2.24, 2.45) is 5.92 Å². The molecule has 1 amide bonds. The lowest BCUT2D eigenvalue weighted by Gasteiger charge is -2.36. The number of fused-ring (bicyclic) bond motifs is 1. The molecule has 2 aromatic carbocycles. The molecule has 1 fully saturated rings. The van der Waals surface area contributed by atoms with Gasteiger partial charge in [-0.2, -0.15) is 0 Å². The van der Waals surface area contributed by atoms with Gasteiger partial charge in [-0.1, -0.05) is 24.3 Å². The second kappa shape index (κ2) is 8.49. The SMILES string of the molecule is CC(=O)N1Cc2ccccc2OC(C2CCN(Cc3ccc(F)c(F)c3)CC2)C1. The minimum atomic E-state index is -0.812. The Labute approximate surface area is 170 Å². The van der Waals surface area contributed by atoms with E-state index < -0.39 is 11.6 Å². The number of para-hydroxylation sites is 1. The smallest absolute Gasteiger partial charge is 0.219 e. The molecule has 0 aromatic heterocycles. The van der Waals surface area contributed by atoms with Crippen molar-refractivity contribution in [1.82, 2.24) is 9.80 Å². The van der Waals surface area contributed by atoms with Gasteiger partial charge in [-0.25, -0.2) is 8.78 Å². The number of hydrogen-bond acceptors (Lipinski definition) is 3. The minimum Gasteiger partial charge on any atom is -0.488 e. The van der Waals surface area contributed by atoms with Crippen molar-refractivity contribution in [3.63, 3.8) is 0 Å². The van der Waals surface area contributed by atoms with E-state index in [-0.39, 0.29) is 12.0 Å². The molecule has 2 aliphatic rings. The van der Waals surface area contributed by atoms with Crippen LogP contribution in [0, 0.1) is 17.6 Å². The van der Waals surface area contributed by atoms with Crippen LogP contribution in [0.3, 0.4) is 0 Å². The first kappa shape index (κ1) is 19.8. The van der Waals surface area contributed by atoms with Gasteiger partial charge in [0.05, 0.1) is 6.54 Å². The van der Waals surface area contributed by atoms with Gasteiger partial charge in [-0.15, -0.1) is 0 Å². The number of ether oxygens (including phenoxy) is 1. The van der Waals surface area contributed by atoms with Gasteiger partial charge in [0.25, 0.3) is 0 Å². The summed E-state index contributed by atoms with van der Waals surface area (Å²) in [5, 5.41) is 0. The molecule has 4 rings (SSSR count). The molecule has 1 saturated heterocycles. The molecule has 0 spiro atoms. The first-order valence-electron chi connectivity index (χ1n) is 10.2. The van der Waals surface area contributed by atoms with Crippen molar-refractivity contribution in [3.8, 4) is 5.75 Å². The first-order chi connectivity index (χ1) is 14.0. The van der Waals surface area contributed by atoms with E-state index in [4.69, 9.17) is 4.74 Å². The lowest BCUT2D eigenvalue weighted by Crippen LogP contribution is -2.44. The van der Waals surface area contributed by atoms with Crippen molar-refractivity contribution in [2.75, 3.05) is 19.6 Å². The molecule has 0 radical (unpaired) electrons. The van der Waals surface area contributed by atoms with E-state index in [0.717, 1.165) is 42.8 Å². The van der Waals surface area contributed by atoms with E-state index >= 15 is 0 Å². The summed E-state index contributed by atoms with van der Waals surface area (Å²) in [4.78, 5) is 16.2. The summed E-state index contributed by atoms with van der Waals surface area (Å²) in [6, 6.07) is 12.0. The van der Waals surface area contributed by atoms with E-state index in [0.29, 0.717) is 25.6 Å². The van der Waals surface area contributed by atoms with Gasteiger partial charge in [0, 0.05) is 31.5 Å². The fourth-order valence-electron chi connectivity index (χ4n) is 4.30. The van der Waals surface area contributed by atoms with Crippen LogP contribution in [-0.4, -0.2) is 41.4 Å². The maximum absolute atomic E-state index is 13.5. The Balaban J connectivity index is 1.40. The summed E-state index contributed by atoms with van der Waals surface area (Å²) in [5.41, 5.74) is 1.82. The third-order valence-corrected chi connectivity index (χ3v) is 6.01. The van der Waals surface area contributed by atoms with E-state index in [1.54, 1.807) is 13.0 Å². The van der Waals surface area contributed by atoms with Gasteiger partial charge in [0.1, 0.15) is 11.9 Å².